The zero-order chi connectivity index (χ0) is 18.8. The molecule has 0 unspecified atom stereocenters. The predicted molar refractivity (Wildman–Crippen MR) is 101 cm³/mol. The highest BCUT2D eigenvalue weighted by Gasteiger charge is 2.27. The van der Waals surface area contributed by atoms with E-state index in [1.54, 1.807) is 27.9 Å². The van der Waals surface area contributed by atoms with Crippen molar-refractivity contribution in [3.05, 3.63) is 35.7 Å². The molecule has 0 aliphatic carbocycles. The number of piperidine rings is 1. The number of nitrogens with one attached hydrogen (secondary N) is 1. The summed E-state index contributed by atoms with van der Waals surface area (Å²) in [6, 6.07) is 4.94. The van der Waals surface area contributed by atoms with Crippen LogP contribution in [0.3, 0.4) is 0 Å². The highest BCUT2D eigenvalue weighted by atomic mass is 35.5. The Kier molecular flexibility index (Phi) is 6.46. The standard InChI is InChI=1S/C18H21F2N5O2.ClH/c19-18(20)27-14-3-4-16-12(10-14)2-1-9-24(16)17(26)15-11-25(23-22-15)13-5-7-21-8-6-13;/h3-4,10-11,13,18,21H,1-2,5-9H2;1H. The monoisotopic (exact) mass is 413 g/mol. The van der Waals surface area contributed by atoms with Crippen LogP contribution in [-0.4, -0.2) is 47.1 Å². The average Bonchev–Trinajstić information content (AvgIpc) is 3.17. The van der Waals surface area contributed by atoms with Gasteiger partial charge in [-0.25, -0.2) is 4.68 Å². The first-order valence-electron chi connectivity index (χ1n) is 9.14. The van der Waals surface area contributed by atoms with Gasteiger partial charge in [0.15, 0.2) is 5.69 Å². The van der Waals surface area contributed by atoms with Crippen molar-refractivity contribution >= 4 is 24.0 Å². The molecule has 28 heavy (non-hydrogen) atoms. The Balaban J connectivity index is 0.00000225. The van der Waals surface area contributed by atoms with Gasteiger partial charge in [-0.3, -0.25) is 4.79 Å². The number of benzene rings is 1. The summed E-state index contributed by atoms with van der Waals surface area (Å²) < 4.78 is 31.1. The Labute approximate surface area is 167 Å². The third-order valence-corrected chi connectivity index (χ3v) is 5.05. The topological polar surface area (TPSA) is 72.3 Å². The minimum atomic E-state index is -2.87. The number of fused-ring (bicyclic) bond motifs is 1. The fourth-order valence-corrected chi connectivity index (χ4v) is 3.72. The van der Waals surface area contributed by atoms with Crippen molar-refractivity contribution in [2.24, 2.45) is 0 Å². The molecule has 0 saturated carbocycles. The van der Waals surface area contributed by atoms with E-state index in [0.29, 0.717) is 24.3 Å². The number of carbonyl (C=O) groups excluding carboxylic acids is 1. The van der Waals surface area contributed by atoms with Crippen LogP contribution < -0.4 is 15.0 Å². The quantitative estimate of drug-likeness (QED) is 0.834. The number of aromatic nitrogens is 3. The van der Waals surface area contributed by atoms with Crippen LogP contribution in [0.5, 0.6) is 5.75 Å². The minimum Gasteiger partial charge on any atom is -0.435 e. The van der Waals surface area contributed by atoms with Crippen molar-refractivity contribution in [1.82, 2.24) is 20.3 Å². The second-order valence-corrected chi connectivity index (χ2v) is 6.79. The molecule has 0 spiro atoms. The van der Waals surface area contributed by atoms with Crippen LogP contribution in [0.25, 0.3) is 0 Å². The van der Waals surface area contributed by atoms with Gasteiger partial charge in [-0.15, -0.1) is 17.5 Å². The molecule has 3 heterocycles. The Hall–Kier alpha value is -2.26. The van der Waals surface area contributed by atoms with Crippen LogP contribution in [0.2, 0.25) is 0 Å². The lowest BCUT2D eigenvalue weighted by Gasteiger charge is -2.29. The van der Waals surface area contributed by atoms with Crippen LogP contribution in [0.4, 0.5) is 14.5 Å². The largest absolute Gasteiger partial charge is 0.435 e. The van der Waals surface area contributed by atoms with E-state index >= 15 is 0 Å². The van der Waals surface area contributed by atoms with Gasteiger partial charge >= 0.3 is 6.61 Å². The number of alkyl halides is 2. The molecule has 1 aromatic heterocycles. The van der Waals surface area contributed by atoms with Crippen LogP contribution >= 0.6 is 12.4 Å². The van der Waals surface area contributed by atoms with E-state index < -0.39 is 6.61 Å². The number of hydrogen-bond acceptors (Lipinski definition) is 5. The van der Waals surface area contributed by atoms with Gasteiger partial charge in [-0.05, 0) is 62.5 Å². The molecule has 2 aromatic rings. The fraction of sp³-hybridized carbons (Fsp3) is 0.500. The first-order chi connectivity index (χ1) is 13.1. The summed E-state index contributed by atoms with van der Waals surface area (Å²) in [6.45, 7) is -0.456. The normalized spacial score (nSPS) is 17.2. The average molecular weight is 414 g/mol. The Bertz CT molecular complexity index is 826. The predicted octanol–water partition coefficient (Wildman–Crippen LogP) is 2.82. The number of hydrogen-bond donors (Lipinski definition) is 1. The number of aryl methyl sites for hydroxylation is 1. The zero-order valence-corrected chi connectivity index (χ0v) is 16.0. The van der Waals surface area contributed by atoms with Gasteiger partial charge in [0.2, 0.25) is 0 Å². The maximum atomic E-state index is 13.0. The molecule has 152 valence electrons. The SMILES string of the molecule is Cl.O=C(c1cn(C2CCNCC2)nn1)N1CCCc2cc(OC(F)F)ccc21. The van der Waals surface area contributed by atoms with Gasteiger partial charge < -0.3 is 15.0 Å². The lowest BCUT2D eigenvalue weighted by atomic mass is 10.0. The van der Waals surface area contributed by atoms with Crippen molar-refractivity contribution in [1.29, 1.82) is 0 Å². The maximum Gasteiger partial charge on any atom is 0.387 e. The maximum absolute atomic E-state index is 13.0. The van der Waals surface area contributed by atoms with Crippen molar-refractivity contribution in [2.45, 2.75) is 38.3 Å². The summed E-state index contributed by atoms with van der Waals surface area (Å²) in [6.07, 6.45) is 5.08. The Morgan fingerprint density at radius 1 is 1.29 bits per heavy atom. The highest BCUT2D eigenvalue weighted by molar-refractivity contribution is 6.05. The number of amides is 1. The summed E-state index contributed by atoms with van der Waals surface area (Å²) >= 11 is 0. The zero-order valence-electron chi connectivity index (χ0n) is 15.2. The lowest BCUT2D eigenvalue weighted by Crippen LogP contribution is -2.35. The number of anilines is 1. The Morgan fingerprint density at radius 2 is 2.07 bits per heavy atom. The van der Waals surface area contributed by atoms with Gasteiger partial charge in [0.1, 0.15) is 5.75 Å². The van der Waals surface area contributed by atoms with Crippen LogP contribution in [-0.2, 0) is 6.42 Å². The molecular weight excluding hydrogens is 392 g/mol. The first kappa shape index (κ1) is 20.5. The number of halogens is 3. The number of rotatable bonds is 4. The fourth-order valence-electron chi connectivity index (χ4n) is 3.72. The molecule has 1 N–H and O–H groups in total. The van der Waals surface area contributed by atoms with Gasteiger partial charge in [-0.1, -0.05) is 5.21 Å². The molecule has 10 heteroatoms. The molecule has 2 aliphatic heterocycles. The van der Waals surface area contributed by atoms with Crippen LogP contribution in [0.15, 0.2) is 24.4 Å². The van der Waals surface area contributed by atoms with Crippen molar-refractivity contribution in [3.63, 3.8) is 0 Å². The van der Waals surface area contributed by atoms with Crippen molar-refractivity contribution in [3.8, 4) is 5.75 Å². The van der Waals surface area contributed by atoms with Crippen LogP contribution in [0, 0.1) is 0 Å². The molecule has 0 atom stereocenters. The summed E-state index contributed by atoms with van der Waals surface area (Å²) in [4.78, 5) is 14.6. The van der Waals surface area contributed by atoms with E-state index in [2.05, 4.69) is 20.4 Å². The van der Waals surface area contributed by atoms with Gasteiger partial charge in [0.05, 0.1) is 12.2 Å². The second kappa shape index (κ2) is 8.83. The molecule has 7 nitrogen and oxygen atoms in total. The molecule has 1 fully saturated rings. The second-order valence-electron chi connectivity index (χ2n) is 6.79. The van der Waals surface area contributed by atoms with Gasteiger partial charge in [-0.2, -0.15) is 8.78 Å². The minimum absolute atomic E-state index is 0. The molecule has 0 radical (unpaired) electrons. The lowest BCUT2D eigenvalue weighted by molar-refractivity contribution is -0.0498. The third-order valence-electron chi connectivity index (χ3n) is 5.05. The Morgan fingerprint density at radius 3 is 2.82 bits per heavy atom. The van der Waals surface area contributed by atoms with Crippen molar-refractivity contribution < 1.29 is 18.3 Å². The molecule has 1 aromatic carbocycles. The summed E-state index contributed by atoms with van der Waals surface area (Å²) in [5.41, 5.74) is 1.83. The molecular formula is C18H22ClF2N5O2. The number of ether oxygens (including phenoxy) is 1. The smallest absolute Gasteiger partial charge is 0.387 e. The number of nitrogens with zero attached hydrogens (tertiary/aromatic N) is 4. The van der Waals surface area contributed by atoms with E-state index in [4.69, 9.17) is 0 Å². The molecule has 1 saturated heterocycles. The van der Waals surface area contributed by atoms with Gasteiger partial charge in [0, 0.05) is 12.2 Å². The van der Waals surface area contributed by atoms with E-state index in [1.165, 1.54) is 6.07 Å². The van der Waals surface area contributed by atoms with E-state index in [1.807, 2.05) is 0 Å². The van der Waals surface area contributed by atoms with E-state index in [-0.39, 0.29) is 30.1 Å². The van der Waals surface area contributed by atoms with Crippen molar-refractivity contribution in [2.75, 3.05) is 24.5 Å². The highest BCUT2D eigenvalue weighted by Crippen LogP contribution is 2.32. The van der Waals surface area contributed by atoms with E-state index in [0.717, 1.165) is 37.9 Å². The number of carbonyl (C=O) groups is 1. The summed E-state index contributed by atoms with van der Waals surface area (Å²) in [5, 5.41) is 11.5. The third kappa shape index (κ3) is 4.25. The molecule has 2 aliphatic rings. The van der Waals surface area contributed by atoms with E-state index in [9.17, 15) is 13.6 Å². The molecule has 4 rings (SSSR count). The summed E-state index contributed by atoms with van der Waals surface area (Å²) in [7, 11) is 0. The van der Waals surface area contributed by atoms with Gasteiger partial charge in [0.25, 0.3) is 5.91 Å². The van der Waals surface area contributed by atoms with Crippen LogP contribution in [0.1, 0.15) is 41.4 Å². The first-order valence-corrected chi connectivity index (χ1v) is 9.14. The molecule has 0 bridgehead atoms. The summed E-state index contributed by atoms with van der Waals surface area (Å²) in [5.74, 6) is -0.117. The molecule has 1 amide bonds.